The van der Waals surface area contributed by atoms with Crippen LogP contribution in [0.2, 0.25) is 0 Å². The molecule has 0 N–H and O–H groups in total. The molecule has 1 aliphatic heterocycles. The molecule has 1 fully saturated rings. The van der Waals surface area contributed by atoms with Gasteiger partial charge in [0.05, 0.1) is 6.61 Å². The van der Waals surface area contributed by atoms with Crippen LogP contribution in [0.3, 0.4) is 0 Å². The highest BCUT2D eigenvalue weighted by Crippen LogP contribution is 2.28. The zero-order valence-electron chi connectivity index (χ0n) is 14.5. The minimum absolute atomic E-state index is 0.376. The number of hydrogen-bond acceptors (Lipinski definition) is 3. The van der Waals surface area contributed by atoms with Crippen molar-refractivity contribution in [3.8, 4) is 0 Å². The molecule has 1 rings (SSSR count). The lowest BCUT2D eigenvalue weighted by Crippen LogP contribution is -2.59. The van der Waals surface area contributed by atoms with Crippen molar-refractivity contribution >= 4 is 0 Å². The van der Waals surface area contributed by atoms with Crippen molar-refractivity contribution in [2.45, 2.75) is 70.9 Å². The van der Waals surface area contributed by atoms with Crippen LogP contribution in [0, 0.1) is 0 Å². The van der Waals surface area contributed by atoms with Gasteiger partial charge in [0.2, 0.25) is 0 Å². The predicted octanol–water partition coefficient (Wildman–Crippen LogP) is 3.39. The van der Waals surface area contributed by atoms with Crippen LogP contribution in [0.25, 0.3) is 0 Å². The Bertz CT molecular complexity index is 259. The van der Waals surface area contributed by atoms with E-state index in [0.717, 1.165) is 13.2 Å². The number of rotatable bonds is 9. The van der Waals surface area contributed by atoms with Gasteiger partial charge in [0.15, 0.2) is 0 Å². The molecular formula is C17H36N2O. The fourth-order valence-corrected chi connectivity index (χ4v) is 3.30. The van der Waals surface area contributed by atoms with Crippen molar-refractivity contribution in [2.24, 2.45) is 0 Å². The Morgan fingerprint density at radius 2 is 1.90 bits per heavy atom. The van der Waals surface area contributed by atoms with Gasteiger partial charge in [-0.3, -0.25) is 9.80 Å². The third kappa shape index (κ3) is 5.01. The van der Waals surface area contributed by atoms with Gasteiger partial charge >= 0.3 is 0 Å². The summed E-state index contributed by atoms with van der Waals surface area (Å²) in [7, 11) is 4.04. The molecule has 0 aliphatic carbocycles. The second-order valence-corrected chi connectivity index (χ2v) is 6.70. The van der Waals surface area contributed by atoms with Gasteiger partial charge in [0, 0.05) is 38.3 Å². The van der Waals surface area contributed by atoms with E-state index in [0.29, 0.717) is 11.6 Å². The summed E-state index contributed by atoms with van der Waals surface area (Å²) in [6, 6.07) is 0.551. The molecule has 0 aromatic heterocycles. The molecule has 0 saturated carbocycles. The first-order chi connectivity index (χ1) is 9.57. The van der Waals surface area contributed by atoms with Crippen LogP contribution >= 0.6 is 0 Å². The van der Waals surface area contributed by atoms with Crippen LogP contribution in [-0.2, 0) is 4.74 Å². The van der Waals surface area contributed by atoms with Crippen LogP contribution in [0.5, 0.6) is 0 Å². The highest BCUT2D eigenvalue weighted by Gasteiger charge is 2.35. The quantitative estimate of drug-likeness (QED) is 0.604. The lowest BCUT2D eigenvalue weighted by molar-refractivity contribution is -0.0139. The number of nitrogens with zero attached hydrogens (tertiary/aromatic N) is 2. The van der Waals surface area contributed by atoms with Gasteiger partial charge in [-0.2, -0.15) is 0 Å². The Balaban J connectivity index is 2.54. The minimum Gasteiger partial charge on any atom is -0.383 e. The van der Waals surface area contributed by atoms with Crippen LogP contribution in [0.1, 0.15) is 59.3 Å². The molecule has 0 aromatic rings. The van der Waals surface area contributed by atoms with Crippen LogP contribution in [0.15, 0.2) is 0 Å². The maximum Gasteiger partial charge on any atom is 0.0630 e. The third-order valence-electron chi connectivity index (χ3n) is 5.23. The monoisotopic (exact) mass is 284 g/mol. The number of piperazine rings is 1. The Hall–Kier alpha value is -0.120. The average molecular weight is 284 g/mol. The molecule has 0 amide bonds. The Morgan fingerprint density at radius 1 is 1.15 bits per heavy atom. The summed E-state index contributed by atoms with van der Waals surface area (Å²) in [4.78, 5) is 5.18. The second kappa shape index (κ2) is 9.01. The first-order valence-corrected chi connectivity index (χ1v) is 8.51. The lowest BCUT2D eigenvalue weighted by atomic mass is 9.88. The molecule has 2 atom stereocenters. The zero-order valence-corrected chi connectivity index (χ0v) is 14.5. The number of likely N-dealkylation sites (N-methyl/N-ethyl adjacent to an activating group) is 1. The summed E-state index contributed by atoms with van der Waals surface area (Å²) in [5.74, 6) is 0. The van der Waals surface area contributed by atoms with Crippen LogP contribution in [0.4, 0.5) is 0 Å². The van der Waals surface area contributed by atoms with Crippen molar-refractivity contribution in [2.75, 3.05) is 40.4 Å². The fourth-order valence-electron chi connectivity index (χ4n) is 3.30. The zero-order chi connectivity index (χ0) is 15.0. The molecule has 2 unspecified atom stereocenters. The molecule has 0 radical (unpaired) electrons. The molecule has 20 heavy (non-hydrogen) atoms. The van der Waals surface area contributed by atoms with Gasteiger partial charge in [-0.25, -0.2) is 0 Å². The Labute approximate surface area is 126 Å². The second-order valence-electron chi connectivity index (χ2n) is 6.70. The van der Waals surface area contributed by atoms with Gasteiger partial charge in [0.25, 0.3) is 0 Å². The summed E-state index contributed by atoms with van der Waals surface area (Å²) in [6.07, 6.45) is 8.07. The van der Waals surface area contributed by atoms with Gasteiger partial charge in [-0.05, 0) is 26.8 Å². The highest BCUT2D eigenvalue weighted by atomic mass is 16.5. The van der Waals surface area contributed by atoms with Crippen molar-refractivity contribution < 1.29 is 4.74 Å². The van der Waals surface area contributed by atoms with E-state index in [4.69, 9.17) is 4.74 Å². The SMILES string of the molecule is CCCCCCC(C)(CC)N1CCN(C)C(COC)C1. The number of hydrogen-bond donors (Lipinski definition) is 0. The van der Waals surface area contributed by atoms with Crippen molar-refractivity contribution in [1.82, 2.24) is 9.80 Å². The summed E-state index contributed by atoms with van der Waals surface area (Å²) in [6.45, 7) is 11.5. The molecule has 0 bridgehead atoms. The first kappa shape index (κ1) is 17.9. The maximum atomic E-state index is 5.39. The summed E-state index contributed by atoms with van der Waals surface area (Å²) in [5, 5.41) is 0. The van der Waals surface area contributed by atoms with E-state index in [9.17, 15) is 0 Å². The highest BCUT2D eigenvalue weighted by molar-refractivity contribution is 4.91. The average Bonchev–Trinajstić information content (AvgIpc) is 2.46. The summed E-state index contributed by atoms with van der Waals surface area (Å²) < 4.78 is 5.39. The van der Waals surface area contributed by atoms with E-state index in [-0.39, 0.29) is 0 Å². The van der Waals surface area contributed by atoms with Crippen molar-refractivity contribution in [3.05, 3.63) is 0 Å². The normalized spacial score (nSPS) is 24.8. The van der Waals surface area contributed by atoms with Gasteiger partial charge < -0.3 is 4.74 Å². The fraction of sp³-hybridized carbons (Fsp3) is 1.00. The van der Waals surface area contributed by atoms with Gasteiger partial charge in [-0.15, -0.1) is 0 Å². The predicted molar refractivity (Wildman–Crippen MR) is 87.3 cm³/mol. The lowest BCUT2D eigenvalue weighted by Gasteiger charge is -2.48. The van der Waals surface area contributed by atoms with E-state index in [1.54, 1.807) is 0 Å². The molecule has 0 aromatic carbocycles. The first-order valence-electron chi connectivity index (χ1n) is 8.51. The summed E-state index contributed by atoms with van der Waals surface area (Å²) in [5.41, 5.74) is 0.376. The topological polar surface area (TPSA) is 15.7 Å². The Kier molecular flexibility index (Phi) is 8.08. The molecule has 1 saturated heterocycles. The number of methoxy groups -OCH3 is 1. The van der Waals surface area contributed by atoms with E-state index in [1.807, 2.05) is 7.11 Å². The van der Waals surface area contributed by atoms with E-state index in [2.05, 4.69) is 37.6 Å². The van der Waals surface area contributed by atoms with Crippen LogP contribution in [-0.4, -0.2) is 61.8 Å². The third-order valence-corrected chi connectivity index (χ3v) is 5.23. The van der Waals surface area contributed by atoms with Crippen LogP contribution < -0.4 is 0 Å². The molecule has 1 aliphatic rings. The molecule has 1 heterocycles. The molecule has 3 nitrogen and oxygen atoms in total. The number of unbranched alkanes of at least 4 members (excludes halogenated alkanes) is 3. The molecule has 120 valence electrons. The van der Waals surface area contributed by atoms with E-state index in [1.165, 1.54) is 51.6 Å². The van der Waals surface area contributed by atoms with Crippen molar-refractivity contribution in [3.63, 3.8) is 0 Å². The molecular weight excluding hydrogens is 248 g/mol. The summed E-state index contributed by atoms with van der Waals surface area (Å²) >= 11 is 0. The van der Waals surface area contributed by atoms with Gasteiger partial charge in [0.1, 0.15) is 0 Å². The molecule has 3 heteroatoms. The standard InChI is InChI=1S/C17H36N2O/c1-6-8-9-10-11-17(3,7-2)19-13-12-18(4)16(14-19)15-20-5/h16H,6-15H2,1-5H3. The van der Waals surface area contributed by atoms with Crippen molar-refractivity contribution in [1.29, 1.82) is 0 Å². The minimum atomic E-state index is 0.376. The maximum absolute atomic E-state index is 5.39. The Morgan fingerprint density at radius 3 is 2.50 bits per heavy atom. The number of ether oxygens (including phenoxy) is 1. The smallest absolute Gasteiger partial charge is 0.0630 e. The van der Waals surface area contributed by atoms with E-state index < -0.39 is 0 Å². The molecule has 0 spiro atoms. The van der Waals surface area contributed by atoms with E-state index >= 15 is 0 Å². The largest absolute Gasteiger partial charge is 0.383 e. The van der Waals surface area contributed by atoms with Gasteiger partial charge in [-0.1, -0.05) is 39.5 Å².